The second-order valence-corrected chi connectivity index (χ2v) is 4.70. The Morgan fingerprint density at radius 1 is 1.40 bits per heavy atom. The van der Waals surface area contributed by atoms with Crippen LogP contribution in [0.15, 0.2) is 12.3 Å². The number of ether oxygens (including phenoxy) is 2. The van der Waals surface area contributed by atoms with Crippen molar-refractivity contribution in [3.63, 3.8) is 0 Å². The lowest BCUT2D eigenvalue weighted by atomic mass is 10.1. The van der Waals surface area contributed by atoms with Crippen molar-refractivity contribution in [2.24, 2.45) is 0 Å². The summed E-state index contributed by atoms with van der Waals surface area (Å²) in [4.78, 5) is 0. The maximum absolute atomic E-state index is 5.40. The molecule has 0 aromatic carbocycles. The molecule has 1 N–H and O–H groups in total. The van der Waals surface area contributed by atoms with Gasteiger partial charge in [-0.3, -0.25) is 4.68 Å². The third kappa shape index (κ3) is 4.98. The van der Waals surface area contributed by atoms with E-state index in [1.165, 1.54) is 5.57 Å². The van der Waals surface area contributed by atoms with Crippen LogP contribution in [0.3, 0.4) is 0 Å². The maximum Gasteiger partial charge on any atom is 0.164 e. The van der Waals surface area contributed by atoms with Crippen molar-refractivity contribution >= 4 is 5.57 Å². The van der Waals surface area contributed by atoms with Crippen molar-refractivity contribution in [1.29, 1.82) is 0 Å². The van der Waals surface area contributed by atoms with Gasteiger partial charge < -0.3 is 14.8 Å². The molecule has 0 bridgehead atoms. The summed E-state index contributed by atoms with van der Waals surface area (Å²) in [6.45, 7) is 7.76. The Bertz CT molecular complexity index is 413. The van der Waals surface area contributed by atoms with Crippen LogP contribution in [0.2, 0.25) is 0 Å². The number of aryl methyl sites for hydroxylation is 1. The SMILES string of the molecule is CCCn1ncc(OC)c1C(C)=CCCNCCOC. The molecule has 0 radical (unpaired) electrons. The molecule has 1 aromatic rings. The van der Waals surface area contributed by atoms with E-state index in [2.05, 4.69) is 30.3 Å². The van der Waals surface area contributed by atoms with Crippen LogP contribution in [0.1, 0.15) is 32.4 Å². The summed E-state index contributed by atoms with van der Waals surface area (Å²) in [7, 11) is 3.41. The zero-order chi connectivity index (χ0) is 14.8. The molecule has 1 aromatic heterocycles. The molecule has 0 amide bonds. The molecule has 0 spiro atoms. The molecule has 5 nitrogen and oxygen atoms in total. The minimum absolute atomic E-state index is 0.750. The van der Waals surface area contributed by atoms with E-state index in [1.54, 1.807) is 20.4 Å². The fourth-order valence-electron chi connectivity index (χ4n) is 2.08. The van der Waals surface area contributed by atoms with Gasteiger partial charge in [-0.2, -0.15) is 5.10 Å². The molecule has 0 fully saturated rings. The highest BCUT2D eigenvalue weighted by Gasteiger charge is 2.12. The summed E-state index contributed by atoms with van der Waals surface area (Å²) in [6.07, 6.45) is 6.06. The first-order valence-corrected chi connectivity index (χ1v) is 7.21. The summed E-state index contributed by atoms with van der Waals surface area (Å²) < 4.78 is 12.4. The molecule has 1 heterocycles. The van der Waals surface area contributed by atoms with Crippen molar-refractivity contribution in [2.45, 2.75) is 33.2 Å². The van der Waals surface area contributed by atoms with E-state index in [1.807, 2.05) is 4.68 Å². The van der Waals surface area contributed by atoms with Gasteiger partial charge in [-0.05, 0) is 31.9 Å². The maximum atomic E-state index is 5.40. The second kappa shape index (κ2) is 9.55. The molecular weight excluding hydrogens is 254 g/mol. The minimum Gasteiger partial charge on any atom is -0.493 e. The van der Waals surface area contributed by atoms with Gasteiger partial charge >= 0.3 is 0 Å². The van der Waals surface area contributed by atoms with Crippen LogP contribution in [0.25, 0.3) is 5.57 Å². The number of nitrogens with zero attached hydrogens (tertiary/aromatic N) is 2. The largest absolute Gasteiger partial charge is 0.493 e. The van der Waals surface area contributed by atoms with Gasteiger partial charge in [0.15, 0.2) is 5.75 Å². The van der Waals surface area contributed by atoms with Gasteiger partial charge in [0, 0.05) is 20.2 Å². The lowest BCUT2D eigenvalue weighted by molar-refractivity contribution is 0.199. The van der Waals surface area contributed by atoms with E-state index < -0.39 is 0 Å². The Labute approximate surface area is 122 Å². The van der Waals surface area contributed by atoms with E-state index in [4.69, 9.17) is 9.47 Å². The Kier molecular flexibility index (Phi) is 7.99. The van der Waals surface area contributed by atoms with Gasteiger partial charge in [0.1, 0.15) is 5.69 Å². The molecule has 20 heavy (non-hydrogen) atoms. The zero-order valence-electron chi connectivity index (χ0n) is 13.1. The molecule has 1 rings (SSSR count). The Morgan fingerprint density at radius 2 is 2.20 bits per heavy atom. The van der Waals surface area contributed by atoms with Crippen LogP contribution in [-0.2, 0) is 11.3 Å². The molecule has 0 aliphatic heterocycles. The number of hydrogen-bond donors (Lipinski definition) is 1. The van der Waals surface area contributed by atoms with Crippen LogP contribution < -0.4 is 10.1 Å². The number of nitrogens with one attached hydrogen (secondary N) is 1. The van der Waals surface area contributed by atoms with Crippen molar-refractivity contribution in [2.75, 3.05) is 33.9 Å². The number of aromatic nitrogens is 2. The van der Waals surface area contributed by atoms with Gasteiger partial charge in [0.05, 0.1) is 19.9 Å². The molecular formula is C15H27N3O2. The minimum atomic E-state index is 0.750. The smallest absolute Gasteiger partial charge is 0.164 e. The van der Waals surface area contributed by atoms with Crippen molar-refractivity contribution in [1.82, 2.24) is 15.1 Å². The van der Waals surface area contributed by atoms with Crippen LogP contribution in [-0.4, -0.2) is 43.7 Å². The third-order valence-electron chi connectivity index (χ3n) is 3.09. The second-order valence-electron chi connectivity index (χ2n) is 4.70. The average Bonchev–Trinajstić information content (AvgIpc) is 2.86. The lowest BCUT2D eigenvalue weighted by Gasteiger charge is -2.09. The highest BCUT2D eigenvalue weighted by molar-refractivity contribution is 5.65. The number of rotatable bonds is 10. The fraction of sp³-hybridized carbons (Fsp3) is 0.667. The Hall–Kier alpha value is -1.33. The molecule has 0 saturated heterocycles. The van der Waals surface area contributed by atoms with Gasteiger partial charge in [-0.1, -0.05) is 13.0 Å². The van der Waals surface area contributed by atoms with Gasteiger partial charge in [-0.15, -0.1) is 0 Å². The number of allylic oxidation sites excluding steroid dienone is 1. The molecule has 114 valence electrons. The predicted octanol–water partition coefficient (Wildman–Crippen LogP) is 2.33. The van der Waals surface area contributed by atoms with Gasteiger partial charge in [0.25, 0.3) is 0 Å². The van der Waals surface area contributed by atoms with Gasteiger partial charge in [0.2, 0.25) is 0 Å². The molecule has 0 aliphatic rings. The monoisotopic (exact) mass is 281 g/mol. The van der Waals surface area contributed by atoms with Crippen molar-refractivity contribution in [3.05, 3.63) is 18.0 Å². The first kappa shape index (κ1) is 16.7. The summed E-state index contributed by atoms with van der Waals surface area (Å²) in [6, 6.07) is 0. The first-order valence-electron chi connectivity index (χ1n) is 7.21. The topological polar surface area (TPSA) is 48.3 Å². The van der Waals surface area contributed by atoms with Gasteiger partial charge in [-0.25, -0.2) is 0 Å². The fourth-order valence-corrected chi connectivity index (χ4v) is 2.08. The molecule has 0 unspecified atom stereocenters. The summed E-state index contributed by atoms with van der Waals surface area (Å²) in [5.74, 6) is 0.847. The standard InChI is InChI=1S/C15H27N3O2/c1-5-10-18-15(14(20-4)12-17-18)13(2)7-6-8-16-9-11-19-3/h7,12,16H,5-6,8-11H2,1-4H3. The number of hydrogen-bond acceptors (Lipinski definition) is 4. The van der Waals surface area contributed by atoms with Crippen molar-refractivity contribution in [3.8, 4) is 5.75 Å². The molecule has 0 saturated carbocycles. The quantitative estimate of drug-likeness (QED) is 0.669. The highest BCUT2D eigenvalue weighted by Crippen LogP contribution is 2.25. The molecule has 5 heteroatoms. The van der Waals surface area contributed by atoms with Crippen LogP contribution in [0.4, 0.5) is 0 Å². The van der Waals surface area contributed by atoms with E-state index in [0.717, 1.165) is 50.5 Å². The first-order chi connectivity index (χ1) is 9.74. The average molecular weight is 281 g/mol. The third-order valence-corrected chi connectivity index (χ3v) is 3.09. The summed E-state index contributed by atoms with van der Waals surface area (Å²) in [5.41, 5.74) is 2.30. The lowest BCUT2D eigenvalue weighted by Crippen LogP contribution is -2.19. The van der Waals surface area contributed by atoms with E-state index in [-0.39, 0.29) is 0 Å². The predicted molar refractivity (Wildman–Crippen MR) is 82.1 cm³/mol. The Morgan fingerprint density at radius 3 is 2.85 bits per heavy atom. The van der Waals surface area contributed by atoms with E-state index >= 15 is 0 Å². The van der Waals surface area contributed by atoms with Crippen molar-refractivity contribution < 1.29 is 9.47 Å². The summed E-state index contributed by atoms with van der Waals surface area (Å²) in [5, 5.41) is 7.72. The highest BCUT2D eigenvalue weighted by atomic mass is 16.5. The van der Waals surface area contributed by atoms with E-state index in [0.29, 0.717) is 0 Å². The van der Waals surface area contributed by atoms with Crippen LogP contribution in [0, 0.1) is 0 Å². The van der Waals surface area contributed by atoms with Crippen LogP contribution in [0.5, 0.6) is 5.75 Å². The number of methoxy groups -OCH3 is 2. The normalized spacial score (nSPS) is 11.9. The van der Waals surface area contributed by atoms with Crippen LogP contribution >= 0.6 is 0 Å². The molecule has 0 aliphatic carbocycles. The summed E-state index contributed by atoms with van der Waals surface area (Å²) >= 11 is 0. The Balaban J connectivity index is 2.60. The van der Waals surface area contributed by atoms with E-state index in [9.17, 15) is 0 Å². The zero-order valence-corrected chi connectivity index (χ0v) is 13.1. The molecule has 0 atom stereocenters.